The minimum atomic E-state index is -3.94. The molecule has 1 fully saturated rings. The second-order valence-electron chi connectivity index (χ2n) is 8.65. The maximum Gasteiger partial charge on any atom is 0.270 e. The number of rotatable bonds is 7. The quantitative estimate of drug-likeness (QED) is 0.549. The van der Waals surface area contributed by atoms with Crippen molar-refractivity contribution in [2.75, 3.05) is 13.1 Å². The van der Waals surface area contributed by atoms with Crippen LogP contribution in [0.4, 0.5) is 0 Å². The van der Waals surface area contributed by atoms with Gasteiger partial charge >= 0.3 is 0 Å². The molecular weight excluding hydrogens is 474 g/mol. The molecule has 182 valence electrons. The van der Waals surface area contributed by atoms with Crippen LogP contribution >= 0.6 is 0 Å². The highest BCUT2D eigenvalue weighted by Gasteiger charge is 2.56. The fourth-order valence-corrected chi connectivity index (χ4v) is 5.63. The number of aromatic nitrogens is 1. The van der Waals surface area contributed by atoms with Crippen LogP contribution in [0.2, 0.25) is 0 Å². The highest BCUT2D eigenvalue weighted by molar-refractivity contribution is 7.91. The molecule has 1 aromatic heterocycles. The van der Waals surface area contributed by atoms with E-state index in [-0.39, 0.29) is 37.4 Å². The molecule has 0 saturated heterocycles. The third-order valence-electron chi connectivity index (χ3n) is 6.19. The van der Waals surface area contributed by atoms with E-state index in [9.17, 15) is 27.6 Å². The van der Waals surface area contributed by atoms with Crippen molar-refractivity contribution in [3.05, 3.63) is 69.1 Å². The van der Waals surface area contributed by atoms with Crippen LogP contribution in [0.1, 0.15) is 51.7 Å². The number of amides is 3. The van der Waals surface area contributed by atoms with Gasteiger partial charge in [-0.3, -0.25) is 23.9 Å². The third kappa shape index (κ3) is 4.67. The summed E-state index contributed by atoms with van der Waals surface area (Å²) >= 11 is 0. The zero-order valence-corrected chi connectivity index (χ0v) is 19.7. The smallest absolute Gasteiger partial charge is 0.270 e. The van der Waals surface area contributed by atoms with Gasteiger partial charge in [-0.15, -0.1) is 0 Å². The number of pyridine rings is 1. The summed E-state index contributed by atoms with van der Waals surface area (Å²) in [5, 5.41) is 11.5. The zero-order chi connectivity index (χ0) is 25.4. The molecule has 2 aliphatic rings. The molecule has 2 aromatic rings. The fraction of sp³-hybridized carbons (Fsp3) is 0.348. The molecule has 12 heteroatoms. The van der Waals surface area contributed by atoms with Gasteiger partial charge < -0.3 is 14.8 Å². The van der Waals surface area contributed by atoms with Crippen molar-refractivity contribution < 1.29 is 22.8 Å². The molecule has 0 spiro atoms. The monoisotopic (exact) mass is 497 g/mol. The van der Waals surface area contributed by atoms with Crippen molar-refractivity contribution in [2.45, 2.75) is 37.6 Å². The topological polar surface area (TPSA) is 158 Å². The van der Waals surface area contributed by atoms with Gasteiger partial charge in [0.2, 0.25) is 15.9 Å². The molecule has 0 bridgehead atoms. The van der Waals surface area contributed by atoms with Gasteiger partial charge in [0.05, 0.1) is 11.6 Å². The summed E-state index contributed by atoms with van der Waals surface area (Å²) < 4.78 is 27.1. The van der Waals surface area contributed by atoms with E-state index in [1.807, 2.05) is 10.8 Å². The van der Waals surface area contributed by atoms with Crippen molar-refractivity contribution in [3.8, 4) is 6.07 Å². The fourth-order valence-electron chi connectivity index (χ4n) is 4.07. The number of nitrogens with one attached hydrogen (secondary N) is 2. The lowest BCUT2D eigenvalue weighted by Crippen LogP contribution is -2.52. The van der Waals surface area contributed by atoms with Gasteiger partial charge in [-0.25, -0.2) is 8.42 Å². The largest absolute Gasteiger partial charge is 0.348 e. The zero-order valence-electron chi connectivity index (χ0n) is 18.9. The Kier molecular flexibility index (Phi) is 6.21. The van der Waals surface area contributed by atoms with Gasteiger partial charge in [0.25, 0.3) is 17.4 Å². The Balaban J connectivity index is 1.47. The molecule has 1 aliphatic carbocycles. The Morgan fingerprint density at radius 2 is 1.77 bits per heavy atom. The Bertz CT molecular complexity index is 1420. The molecule has 2 heterocycles. The summed E-state index contributed by atoms with van der Waals surface area (Å²) in [4.78, 5) is 51.2. The number of fused-ring (bicyclic) bond motifs is 1. The van der Waals surface area contributed by atoms with Crippen LogP contribution in [0.15, 0.2) is 41.2 Å². The minimum Gasteiger partial charge on any atom is -0.348 e. The van der Waals surface area contributed by atoms with Crippen LogP contribution in [0.25, 0.3) is 0 Å². The van der Waals surface area contributed by atoms with Gasteiger partial charge in [-0.05, 0) is 42.7 Å². The first kappa shape index (κ1) is 24.2. The Hall–Kier alpha value is -3.98. The van der Waals surface area contributed by atoms with Gasteiger partial charge in [-0.2, -0.15) is 5.26 Å². The highest BCUT2D eigenvalue weighted by Crippen LogP contribution is 2.44. The summed E-state index contributed by atoms with van der Waals surface area (Å²) in [5.74, 6) is -1.80. The second-order valence-corrected chi connectivity index (χ2v) is 10.7. The average molecular weight is 498 g/mol. The molecule has 1 saturated carbocycles. The van der Waals surface area contributed by atoms with E-state index >= 15 is 0 Å². The van der Waals surface area contributed by atoms with E-state index < -0.39 is 38.1 Å². The van der Waals surface area contributed by atoms with E-state index in [0.717, 1.165) is 12.5 Å². The van der Waals surface area contributed by atoms with Crippen molar-refractivity contribution >= 4 is 27.7 Å². The molecule has 1 aliphatic heterocycles. The maximum atomic E-state index is 13.0. The van der Waals surface area contributed by atoms with Crippen LogP contribution in [-0.2, 0) is 27.9 Å². The minimum absolute atomic E-state index is 0.0672. The van der Waals surface area contributed by atoms with Crippen LogP contribution in [0.3, 0.4) is 0 Å². The first-order valence-electron chi connectivity index (χ1n) is 10.9. The lowest BCUT2D eigenvalue weighted by atomic mass is 10.1. The number of hydrogen-bond donors (Lipinski definition) is 2. The average Bonchev–Trinajstić information content (AvgIpc) is 3.61. The number of nitrogens with zero attached hydrogens (tertiary/aromatic N) is 3. The number of benzene rings is 1. The first-order valence-corrected chi connectivity index (χ1v) is 12.4. The summed E-state index contributed by atoms with van der Waals surface area (Å²) in [6, 6.07) is 11.3. The summed E-state index contributed by atoms with van der Waals surface area (Å²) in [6.45, 7) is 1.38. The Morgan fingerprint density at radius 3 is 2.37 bits per heavy atom. The number of sulfonamides is 1. The van der Waals surface area contributed by atoms with Gasteiger partial charge in [0.1, 0.15) is 16.0 Å². The predicted octanol–water partition coefficient (Wildman–Crippen LogP) is 0.104. The molecule has 11 nitrogen and oxygen atoms in total. The molecule has 0 unspecified atom stereocenters. The summed E-state index contributed by atoms with van der Waals surface area (Å²) in [5.41, 5.74) is 0.587. The van der Waals surface area contributed by atoms with Gasteiger partial charge in [0, 0.05) is 33.1 Å². The SMILES string of the molecule is CC(=O)NS(=O)(=O)C1(CN2CCn3c(ccc(C(=O)NCc4ccc(C#N)cc4)c3=O)C2=O)CC1. The molecule has 0 atom stereocenters. The Labute approximate surface area is 201 Å². The maximum absolute atomic E-state index is 13.0. The van der Waals surface area contributed by atoms with E-state index in [2.05, 4.69) is 5.32 Å². The van der Waals surface area contributed by atoms with Gasteiger partial charge in [-0.1, -0.05) is 12.1 Å². The molecule has 0 radical (unpaired) electrons. The van der Waals surface area contributed by atoms with Crippen molar-refractivity contribution in [1.82, 2.24) is 19.5 Å². The van der Waals surface area contributed by atoms with E-state index in [1.165, 1.54) is 21.6 Å². The summed E-state index contributed by atoms with van der Waals surface area (Å²) in [6.07, 6.45) is 0.648. The molecule has 2 N–H and O–H groups in total. The van der Waals surface area contributed by atoms with Crippen LogP contribution in [-0.4, -0.2) is 53.4 Å². The lowest BCUT2D eigenvalue weighted by molar-refractivity contribution is -0.117. The summed E-state index contributed by atoms with van der Waals surface area (Å²) in [7, 11) is -3.94. The lowest BCUT2D eigenvalue weighted by Gasteiger charge is -2.32. The normalized spacial score (nSPS) is 16.1. The number of carbonyl (C=O) groups excluding carboxylic acids is 3. The standard InChI is InChI=1S/C23H23N5O6S/c1-15(29)26-35(33,34)23(8-9-23)14-27-10-11-28-19(22(27)32)7-6-18(21(28)31)20(30)25-13-17-4-2-16(12-24)3-5-17/h2-7H,8-11,13-14H2,1H3,(H,25,30)(H,26,29). The number of carbonyl (C=O) groups is 3. The molecular formula is C23H23N5O6S. The van der Waals surface area contributed by atoms with Crippen molar-refractivity contribution in [3.63, 3.8) is 0 Å². The Morgan fingerprint density at radius 1 is 1.09 bits per heavy atom. The predicted molar refractivity (Wildman–Crippen MR) is 124 cm³/mol. The van der Waals surface area contributed by atoms with E-state index in [1.54, 1.807) is 24.3 Å². The molecule has 35 heavy (non-hydrogen) atoms. The number of hydrogen-bond acceptors (Lipinski definition) is 7. The van der Waals surface area contributed by atoms with Crippen LogP contribution in [0.5, 0.6) is 0 Å². The highest BCUT2D eigenvalue weighted by atomic mass is 32.2. The first-order chi connectivity index (χ1) is 16.6. The van der Waals surface area contributed by atoms with E-state index in [4.69, 9.17) is 5.26 Å². The number of nitriles is 1. The molecule has 4 rings (SSSR count). The van der Waals surface area contributed by atoms with Crippen molar-refractivity contribution in [1.29, 1.82) is 5.26 Å². The molecule has 3 amide bonds. The van der Waals surface area contributed by atoms with Crippen LogP contribution in [0, 0.1) is 11.3 Å². The van der Waals surface area contributed by atoms with E-state index in [0.29, 0.717) is 18.4 Å². The van der Waals surface area contributed by atoms with Crippen molar-refractivity contribution in [2.24, 2.45) is 0 Å². The second kappa shape index (κ2) is 8.99. The molecule has 1 aromatic carbocycles. The van der Waals surface area contributed by atoms with Crippen LogP contribution < -0.4 is 15.6 Å². The van der Waals surface area contributed by atoms with Gasteiger partial charge in [0.15, 0.2) is 0 Å². The third-order valence-corrected chi connectivity index (χ3v) is 8.42.